The number of anilines is 2. The van der Waals surface area contributed by atoms with E-state index >= 15 is 0 Å². The Kier molecular flexibility index (Phi) is 4.48. The highest BCUT2D eigenvalue weighted by atomic mass is 15.4. The second-order valence-electron chi connectivity index (χ2n) is 8.12. The van der Waals surface area contributed by atoms with E-state index in [0.29, 0.717) is 23.6 Å². The summed E-state index contributed by atoms with van der Waals surface area (Å²) in [5.74, 6) is 3.26. The predicted molar refractivity (Wildman–Crippen MR) is 114 cm³/mol. The van der Waals surface area contributed by atoms with E-state index in [1.165, 1.54) is 0 Å². The van der Waals surface area contributed by atoms with Crippen LogP contribution in [-0.4, -0.2) is 51.2 Å². The number of hydrogen-bond donors (Lipinski definition) is 2. The minimum Gasteiger partial charge on any atom is -0.367 e. The lowest BCUT2D eigenvalue weighted by atomic mass is 9.91. The Labute approximate surface area is 174 Å². The second-order valence-corrected chi connectivity index (χ2v) is 8.12. The number of rotatable bonds is 4. The van der Waals surface area contributed by atoms with Gasteiger partial charge in [-0.1, -0.05) is 0 Å². The van der Waals surface area contributed by atoms with E-state index in [1.54, 1.807) is 21.7 Å². The van der Waals surface area contributed by atoms with Crippen LogP contribution >= 0.6 is 0 Å². The number of fused-ring (bicyclic) bond motifs is 2. The monoisotopic (exact) mass is 406 g/mol. The molecule has 0 spiro atoms. The van der Waals surface area contributed by atoms with Crippen LogP contribution < -0.4 is 10.6 Å². The highest BCUT2D eigenvalue weighted by Crippen LogP contribution is 2.28. The molecule has 1 aliphatic carbocycles. The van der Waals surface area contributed by atoms with E-state index in [9.17, 15) is 0 Å². The molecule has 10 nitrogen and oxygen atoms in total. The van der Waals surface area contributed by atoms with E-state index in [-0.39, 0.29) is 0 Å². The van der Waals surface area contributed by atoms with Crippen molar-refractivity contribution in [3.8, 4) is 0 Å². The molecule has 4 aromatic heterocycles. The van der Waals surface area contributed by atoms with Gasteiger partial charge in [-0.15, -0.1) is 0 Å². The summed E-state index contributed by atoms with van der Waals surface area (Å²) in [6.45, 7) is 8.19. The predicted octanol–water partition coefficient (Wildman–Crippen LogP) is 2.63. The first-order valence-electron chi connectivity index (χ1n) is 10.4. The van der Waals surface area contributed by atoms with E-state index in [0.717, 1.165) is 59.8 Å². The van der Waals surface area contributed by atoms with Gasteiger partial charge in [-0.3, -0.25) is 0 Å². The molecule has 4 aromatic rings. The molecule has 30 heavy (non-hydrogen) atoms. The molecule has 0 aromatic carbocycles. The molecular weight excluding hydrogens is 380 g/mol. The smallest absolute Gasteiger partial charge is 0.254 e. The molecular formula is C20H26N10. The van der Waals surface area contributed by atoms with Crippen LogP contribution in [0.4, 0.5) is 11.6 Å². The first-order valence-corrected chi connectivity index (χ1v) is 10.4. The van der Waals surface area contributed by atoms with E-state index in [4.69, 9.17) is 0 Å². The third-order valence-corrected chi connectivity index (χ3v) is 6.22. The SMILES string of the molecule is Cc1nc2ncnn2c(NC2CCC(Nc3c(C)c(C)nc4ncnn34)CC2)c1C. The van der Waals surface area contributed by atoms with Gasteiger partial charge in [-0.25, -0.2) is 9.97 Å². The van der Waals surface area contributed by atoms with Gasteiger partial charge in [-0.05, 0) is 53.4 Å². The molecule has 5 rings (SSSR count). The van der Waals surface area contributed by atoms with Gasteiger partial charge >= 0.3 is 0 Å². The molecule has 10 heteroatoms. The third kappa shape index (κ3) is 3.12. The standard InChI is InChI=1S/C20H26N10/c1-11-13(3)25-19-21-9-23-29(19)17(11)27-15-5-7-16(8-6-15)28-18-12(2)14(4)26-20-22-10-24-30(18)20/h9-10,15-16,27-28H,5-8H2,1-4H3. The summed E-state index contributed by atoms with van der Waals surface area (Å²) in [7, 11) is 0. The van der Waals surface area contributed by atoms with Crippen molar-refractivity contribution in [1.29, 1.82) is 0 Å². The summed E-state index contributed by atoms with van der Waals surface area (Å²) in [6, 6.07) is 0.783. The average molecular weight is 406 g/mol. The first kappa shape index (κ1) is 18.7. The van der Waals surface area contributed by atoms with Gasteiger partial charge in [0.1, 0.15) is 24.3 Å². The summed E-state index contributed by atoms with van der Waals surface area (Å²) in [6.07, 6.45) is 7.38. The lowest BCUT2D eigenvalue weighted by Gasteiger charge is -2.31. The molecule has 0 aliphatic heterocycles. The van der Waals surface area contributed by atoms with Crippen LogP contribution in [0.15, 0.2) is 12.7 Å². The summed E-state index contributed by atoms with van der Waals surface area (Å²) >= 11 is 0. The Morgan fingerprint density at radius 2 is 1.10 bits per heavy atom. The summed E-state index contributed by atoms with van der Waals surface area (Å²) in [4.78, 5) is 17.5. The highest BCUT2D eigenvalue weighted by molar-refractivity contribution is 5.53. The van der Waals surface area contributed by atoms with Gasteiger partial charge in [0, 0.05) is 34.6 Å². The minimum atomic E-state index is 0.391. The Hall–Kier alpha value is -3.30. The fourth-order valence-corrected chi connectivity index (χ4v) is 4.17. The van der Waals surface area contributed by atoms with Gasteiger partial charge in [0.25, 0.3) is 11.6 Å². The van der Waals surface area contributed by atoms with Crippen LogP contribution in [0.3, 0.4) is 0 Å². The van der Waals surface area contributed by atoms with E-state index < -0.39 is 0 Å². The molecule has 1 fully saturated rings. The number of hydrogen-bond acceptors (Lipinski definition) is 8. The number of aryl methyl sites for hydroxylation is 2. The van der Waals surface area contributed by atoms with E-state index in [1.807, 2.05) is 13.8 Å². The summed E-state index contributed by atoms with van der Waals surface area (Å²) < 4.78 is 3.61. The molecule has 0 atom stereocenters. The highest BCUT2D eigenvalue weighted by Gasteiger charge is 2.24. The molecule has 1 aliphatic rings. The van der Waals surface area contributed by atoms with Crippen molar-refractivity contribution >= 4 is 23.2 Å². The molecule has 2 N–H and O–H groups in total. The van der Waals surface area contributed by atoms with Crippen molar-refractivity contribution in [3.63, 3.8) is 0 Å². The fourth-order valence-electron chi connectivity index (χ4n) is 4.17. The van der Waals surface area contributed by atoms with Crippen LogP contribution in [0.5, 0.6) is 0 Å². The zero-order valence-corrected chi connectivity index (χ0v) is 17.7. The van der Waals surface area contributed by atoms with Crippen LogP contribution in [0, 0.1) is 27.7 Å². The summed E-state index contributed by atoms with van der Waals surface area (Å²) in [5.41, 5.74) is 4.19. The van der Waals surface area contributed by atoms with Crippen LogP contribution in [0.2, 0.25) is 0 Å². The van der Waals surface area contributed by atoms with E-state index in [2.05, 4.69) is 54.6 Å². The van der Waals surface area contributed by atoms with Gasteiger partial charge in [-0.2, -0.15) is 29.2 Å². The molecule has 156 valence electrons. The molecule has 0 amide bonds. The molecule has 0 saturated heterocycles. The topological polar surface area (TPSA) is 110 Å². The second kappa shape index (κ2) is 7.19. The van der Waals surface area contributed by atoms with Crippen molar-refractivity contribution < 1.29 is 0 Å². The number of aromatic nitrogens is 8. The molecule has 1 saturated carbocycles. The number of nitrogens with zero attached hydrogens (tertiary/aromatic N) is 8. The maximum Gasteiger partial charge on any atom is 0.254 e. The molecule has 4 heterocycles. The van der Waals surface area contributed by atoms with Gasteiger partial charge < -0.3 is 10.6 Å². The van der Waals surface area contributed by atoms with Crippen molar-refractivity contribution in [2.45, 2.75) is 65.5 Å². The van der Waals surface area contributed by atoms with Crippen molar-refractivity contribution in [2.75, 3.05) is 10.6 Å². The van der Waals surface area contributed by atoms with Crippen molar-refractivity contribution in [2.24, 2.45) is 0 Å². The van der Waals surface area contributed by atoms with Crippen LogP contribution in [0.1, 0.15) is 48.2 Å². The molecule has 0 bridgehead atoms. The van der Waals surface area contributed by atoms with Gasteiger partial charge in [0.15, 0.2) is 0 Å². The zero-order valence-electron chi connectivity index (χ0n) is 17.7. The molecule has 0 radical (unpaired) electrons. The normalized spacial score (nSPS) is 19.5. The maximum atomic E-state index is 4.50. The van der Waals surface area contributed by atoms with Crippen molar-refractivity contribution in [1.82, 2.24) is 39.2 Å². The Morgan fingerprint density at radius 3 is 1.50 bits per heavy atom. The Morgan fingerprint density at radius 1 is 0.700 bits per heavy atom. The van der Waals surface area contributed by atoms with Crippen LogP contribution in [-0.2, 0) is 0 Å². The van der Waals surface area contributed by atoms with Crippen molar-refractivity contribution in [3.05, 3.63) is 35.2 Å². The summed E-state index contributed by atoms with van der Waals surface area (Å²) in [5, 5.41) is 16.1. The fraction of sp³-hybridized carbons (Fsp3) is 0.500. The number of nitrogens with one attached hydrogen (secondary N) is 2. The maximum absolute atomic E-state index is 4.50. The quantitative estimate of drug-likeness (QED) is 0.532. The minimum absolute atomic E-state index is 0.391. The lowest BCUT2D eigenvalue weighted by molar-refractivity contribution is 0.426. The first-order chi connectivity index (χ1) is 14.5. The largest absolute Gasteiger partial charge is 0.367 e. The zero-order chi connectivity index (χ0) is 20.8. The van der Waals surface area contributed by atoms with Gasteiger partial charge in [0.2, 0.25) is 0 Å². The molecule has 0 unspecified atom stereocenters. The Balaban J connectivity index is 1.30. The lowest BCUT2D eigenvalue weighted by Crippen LogP contribution is -2.34. The van der Waals surface area contributed by atoms with Gasteiger partial charge in [0.05, 0.1) is 0 Å². The average Bonchev–Trinajstić information content (AvgIpc) is 3.39. The van der Waals surface area contributed by atoms with Crippen LogP contribution in [0.25, 0.3) is 11.6 Å². The third-order valence-electron chi connectivity index (χ3n) is 6.22. The Bertz CT molecular complexity index is 1120.